The first-order valence-electron chi connectivity index (χ1n) is 7.71. The van der Waals surface area contributed by atoms with Crippen LogP contribution in [0.3, 0.4) is 0 Å². The molecule has 1 aliphatic rings. The molecule has 1 saturated heterocycles. The van der Waals surface area contributed by atoms with Crippen molar-refractivity contribution in [3.63, 3.8) is 0 Å². The molecule has 2 aromatic heterocycles. The van der Waals surface area contributed by atoms with E-state index in [1.165, 1.54) is 11.3 Å². The maximum Gasteiger partial charge on any atom is 0.193 e. The van der Waals surface area contributed by atoms with Crippen LogP contribution in [0.1, 0.15) is 23.6 Å². The van der Waals surface area contributed by atoms with Crippen molar-refractivity contribution >= 4 is 5.96 Å². The van der Waals surface area contributed by atoms with Crippen molar-refractivity contribution in [1.82, 2.24) is 24.6 Å². The molecule has 2 aromatic rings. The van der Waals surface area contributed by atoms with Gasteiger partial charge in [-0.1, -0.05) is 0 Å². The molecular formula is C16H24N6. The maximum atomic E-state index is 4.43. The molecule has 0 aromatic carbocycles. The largest absolute Gasteiger partial charge is 0.353 e. The number of aryl methyl sites for hydroxylation is 2. The van der Waals surface area contributed by atoms with E-state index in [2.05, 4.69) is 56.4 Å². The van der Waals surface area contributed by atoms with Gasteiger partial charge in [0, 0.05) is 58.2 Å². The SMILES string of the molecule is CN=C(NCc1cccn1C)N1CCC(c2cnn(C)c2)C1. The molecule has 1 fully saturated rings. The predicted octanol–water partition coefficient (Wildman–Crippen LogP) is 1.32. The summed E-state index contributed by atoms with van der Waals surface area (Å²) >= 11 is 0. The van der Waals surface area contributed by atoms with Gasteiger partial charge in [-0.15, -0.1) is 0 Å². The summed E-state index contributed by atoms with van der Waals surface area (Å²) in [6, 6.07) is 4.19. The van der Waals surface area contributed by atoms with Gasteiger partial charge < -0.3 is 14.8 Å². The van der Waals surface area contributed by atoms with E-state index in [0.717, 1.165) is 32.0 Å². The first-order chi connectivity index (χ1) is 10.7. The minimum atomic E-state index is 0.544. The Bertz CT molecular complexity index is 653. The Kier molecular flexibility index (Phi) is 4.18. The number of hydrogen-bond donors (Lipinski definition) is 1. The minimum absolute atomic E-state index is 0.544. The quantitative estimate of drug-likeness (QED) is 0.687. The number of likely N-dealkylation sites (tertiary alicyclic amines) is 1. The molecule has 0 saturated carbocycles. The van der Waals surface area contributed by atoms with E-state index in [4.69, 9.17) is 0 Å². The molecule has 0 amide bonds. The lowest BCUT2D eigenvalue weighted by molar-refractivity contribution is 0.484. The third-order valence-electron chi connectivity index (χ3n) is 4.37. The first-order valence-corrected chi connectivity index (χ1v) is 7.71. The molecule has 0 radical (unpaired) electrons. The van der Waals surface area contributed by atoms with E-state index in [0.29, 0.717) is 5.92 Å². The summed E-state index contributed by atoms with van der Waals surface area (Å²) < 4.78 is 4.00. The van der Waals surface area contributed by atoms with Gasteiger partial charge in [-0.25, -0.2) is 0 Å². The zero-order chi connectivity index (χ0) is 15.5. The summed E-state index contributed by atoms with van der Waals surface area (Å²) in [7, 11) is 5.88. The lowest BCUT2D eigenvalue weighted by Gasteiger charge is -2.21. The van der Waals surface area contributed by atoms with Crippen LogP contribution >= 0.6 is 0 Å². The highest BCUT2D eigenvalue weighted by Gasteiger charge is 2.26. The van der Waals surface area contributed by atoms with Crippen LogP contribution in [0.4, 0.5) is 0 Å². The fourth-order valence-electron chi connectivity index (χ4n) is 3.06. The molecule has 0 spiro atoms. The van der Waals surface area contributed by atoms with E-state index >= 15 is 0 Å². The predicted molar refractivity (Wildman–Crippen MR) is 87.8 cm³/mol. The molecule has 1 N–H and O–H groups in total. The van der Waals surface area contributed by atoms with E-state index in [-0.39, 0.29) is 0 Å². The Labute approximate surface area is 131 Å². The Hall–Kier alpha value is -2.24. The van der Waals surface area contributed by atoms with Gasteiger partial charge in [0.05, 0.1) is 12.7 Å². The lowest BCUT2D eigenvalue weighted by Crippen LogP contribution is -2.39. The summed E-state index contributed by atoms with van der Waals surface area (Å²) in [5, 5.41) is 7.75. The zero-order valence-electron chi connectivity index (χ0n) is 13.5. The van der Waals surface area contributed by atoms with Crippen LogP contribution in [0.5, 0.6) is 0 Å². The molecule has 6 nitrogen and oxygen atoms in total. The number of rotatable bonds is 3. The fraction of sp³-hybridized carbons (Fsp3) is 0.500. The van der Waals surface area contributed by atoms with Gasteiger partial charge in [0.1, 0.15) is 0 Å². The van der Waals surface area contributed by atoms with Crippen molar-refractivity contribution in [3.8, 4) is 0 Å². The highest BCUT2D eigenvalue weighted by atomic mass is 15.3. The molecule has 0 aliphatic carbocycles. The number of nitrogens with zero attached hydrogens (tertiary/aromatic N) is 5. The molecule has 0 bridgehead atoms. The number of aliphatic imine (C=N–C) groups is 1. The molecule has 6 heteroatoms. The second kappa shape index (κ2) is 6.25. The number of aromatic nitrogens is 3. The van der Waals surface area contributed by atoms with Crippen molar-refractivity contribution in [3.05, 3.63) is 42.0 Å². The lowest BCUT2D eigenvalue weighted by atomic mass is 10.0. The Balaban J connectivity index is 1.59. The van der Waals surface area contributed by atoms with Crippen LogP contribution in [0.2, 0.25) is 0 Å². The van der Waals surface area contributed by atoms with E-state index in [1.807, 2.05) is 25.0 Å². The van der Waals surface area contributed by atoms with Crippen LogP contribution in [0.15, 0.2) is 35.7 Å². The zero-order valence-corrected chi connectivity index (χ0v) is 13.5. The molecule has 1 unspecified atom stereocenters. The van der Waals surface area contributed by atoms with Crippen molar-refractivity contribution in [2.24, 2.45) is 19.1 Å². The summed E-state index contributed by atoms with van der Waals surface area (Å²) in [5.41, 5.74) is 2.58. The van der Waals surface area contributed by atoms with Crippen LogP contribution in [0.25, 0.3) is 0 Å². The summed E-state index contributed by atoms with van der Waals surface area (Å²) in [6.07, 6.45) is 7.31. The molecular weight excluding hydrogens is 276 g/mol. The second-order valence-electron chi connectivity index (χ2n) is 5.89. The van der Waals surface area contributed by atoms with Gasteiger partial charge in [0.2, 0.25) is 0 Å². The van der Waals surface area contributed by atoms with Gasteiger partial charge in [0.15, 0.2) is 5.96 Å². The van der Waals surface area contributed by atoms with Crippen LogP contribution in [0, 0.1) is 0 Å². The van der Waals surface area contributed by atoms with E-state index in [1.54, 1.807) is 0 Å². The first kappa shape index (κ1) is 14.7. The van der Waals surface area contributed by atoms with Crippen molar-refractivity contribution < 1.29 is 0 Å². The Morgan fingerprint density at radius 1 is 1.45 bits per heavy atom. The molecule has 3 rings (SSSR count). The third kappa shape index (κ3) is 3.00. The highest BCUT2D eigenvalue weighted by Crippen LogP contribution is 2.26. The van der Waals surface area contributed by atoms with Gasteiger partial charge in [-0.2, -0.15) is 5.10 Å². The maximum absolute atomic E-state index is 4.43. The smallest absolute Gasteiger partial charge is 0.193 e. The molecule has 22 heavy (non-hydrogen) atoms. The fourth-order valence-corrected chi connectivity index (χ4v) is 3.06. The van der Waals surface area contributed by atoms with Crippen molar-refractivity contribution in [2.75, 3.05) is 20.1 Å². The number of hydrogen-bond acceptors (Lipinski definition) is 2. The van der Waals surface area contributed by atoms with Crippen LogP contribution in [-0.2, 0) is 20.6 Å². The Morgan fingerprint density at radius 2 is 2.32 bits per heavy atom. The standard InChI is InChI=1S/C16H24N6/c1-17-16(18-10-15-5-4-7-20(15)2)22-8-6-13(12-22)14-9-19-21(3)11-14/h4-5,7,9,11,13H,6,8,10,12H2,1-3H3,(H,17,18). The van der Waals surface area contributed by atoms with Gasteiger partial charge >= 0.3 is 0 Å². The normalized spacial score (nSPS) is 19.0. The third-order valence-corrected chi connectivity index (χ3v) is 4.37. The molecule has 3 heterocycles. The minimum Gasteiger partial charge on any atom is -0.353 e. The number of nitrogens with one attached hydrogen (secondary N) is 1. The van der Waals surface area contributed by atoms with Crippen LogP contribution in [-0.4, -0.2) is 45.3 Å². The van der Waals surface area contributed by atoms with Gasteiger partial charge in [-0.3, -0.25) is 9.67 Å². The monoisotopic (exact) mass is 300 g/mol. The Morgan fingerprint density at radius 3 is 2.95 bits per heavy atom. The highest BCUT2D eigenvalue weighted by molar-refractivity contribution is 5.80. The second-order valence-corrected chi connectivity index (χ2v) is 5.89. The molecule has 1 atom stereocenters. The molecule has 118 valence electrons. The average molecular weight is 300 g/mol. The van der Waals surface area contributed by atoms with Crippen LogP contribution < -0.4 is 5.32 Å². The van der Waals surface area contributed by atoms with E-state index < -0.39 is 0 Å². The summed E-state index contributed by atoms with van der Waals surface area (Å²) in [5.74, 6) is 1.52. The molecule has 1 aliphatic heterocycles. The van der Waals surface area contributed by atoms with Gasteiger partial charge in [-0.05, 0) is 24.1 Å². The number of guanidine groups is 1. The van der Waals surface area contributed by atoms with Gasteiger partial charge in [0.25, 0.3) is 0 Å². The van der Waals surface area contributed by atoms with Crippen molar-refractivity contribution in [2.45, 2.75) is 18.9 Å². The summed E-state index contributed by atoms with van der Waals surface area (Å²) in [4.78, 5) is 6.77. The summed E-state index contributed by atoms with van der Waals surface area (Å²) in [6.45, 7) is 2.83. The van der Waals surface area contributed by atoms with Crippen molar-refractivity contribution in [1.29, 1.82) is 0 Å². The topological polar surface area (TPSA) is 50.4 Å². The van der Waals surface area contributed by atoms with E-state index in [9.17, 15) is 0 Å². The average Bonchev–Trinajstić information content (AvgIpc) is 3.22.